The molecular formula is C27H29N3O5. The third-order valence-electron chi connectivity index (χ3n) is 5.91. The number of carbonyl (C=O) groups is 3. The second kappa shape index (κ2) is 11.0. The number of hydrogen-bond donors (Lipinski definition) is 1. The van der Waals surface area contributed by atoms with E-state index >= 15 is 0 Å². The molecule has 1 aliphatic heterocycles. The van der Waals surface area contributed by atoms with Crippen molar-refractivity contribution in [1.29, 1.82) is 0 Å². The molecule has 4 rings (SSSR count). The number of ether oxygens (including phenoxy) is 2. The Kier molecular flexibility index (Phi) is 7.60. The number of carbonyl (C=O) groups excluding carboxylic acids is 3. The fourth-order valence-electron chi connectivity index (χ4n) is 4.23. The van der Waals surface area contributed by atoms with Gasteiger partial charge < -0.3 is 14.8 Å². The molecule has 1 atom stereocenters. The van der Waals surface area contributed by atoms with Crippen molar-refractivity contribution < 1.29 is 23.9 Å². The topological polar surface area (TPSA) is 99.0 Å². The Morgan fingerprint density at radius 3 is 2.57 bits per heavy atom. The predicted molar refractivity (Wildman–Crippen MR) is 134 cm³/mol. The monoisotopic (exact) mass is 475 g/mol. The van der Waals surface area contributed by atoms with Crippen LogP contribution in [0.1, 0.15) is 54.2 Å². The van der Waals surface area contributed by atoms with Gasteiger partial charge in [-0.15, -0.1) is 0 Å². The van der Waals surface area contributed by atoms with Gasteiger partial charge >= 0.3 is 18.0 Å². The first-order valence-electron chi connectivity index (χ1n) is 11.9. The fraction of sp³-hybridized carbons (Fsp3) is 0.333. The summed E-state index contributed by atoms with van der Waals surface area (Å²) in [6.45, 7) is 4.91. The highest BCUT2D eigenvalue weighted by Gasteiger charge is 2.32. The molecule has 2 heterocycles. The van der Waals surface area contributed by atoms with Crippen LogP contribution in [0.15, 0.2) is 53.5 Å². The molecule has 1 unspecified atom stereocenters. The lowest BCUT2D eigenvalue weighted by atomic mass is 10.00. The minimum atomic E-state index is -0.786. The van der Waals surface area contributed by atoms with Gasteiger partial charge in [0, 0.05) is 23.8 Å². The molecule has 1 aromatic heterocycles. The number of para-hydroxylation sites is 1. The molecule has 0 saturated heterocycles. The first-order valence-corrected chi connectivity index (χ1v) is 11.9. The van der Waals surface area contributed by atoms with Gasteiger partial charge in [0.05, 0.1) is 30.0 Å². The predicted octanol–water partition coefficient (Wildman–Crippen LogP) is 4.95. The molecule has 8 nitrogen and oxygen atoms in total. The molecule has 0 aliphatic carbocycles. The molecule has 0 radical (unpaired) electrons. The summed E-state index contributed by atoms with van der Waals surface area (Å²) in [4.78, 5) is 42.9. The summed E-state index contributed by atoms with van der Waals surface area (Å²) >= 11 is 0. The van der Waals surface area contributed by atoms with Crippen molar-refractivity contribution in [2.75, 3.05) is 25.1 Å². The van der Waals surface area contributed by atoms with Crippen LogP contribution in [0.5, 0.6) is 0 Å². The molecule has 8 heteroatoms. The molecule has 35 heavy (non-hydrogen) atoms. The first kappa shape index (κ1) is 24.2. The van der Waals surface area contributed by atoms with E-state index in [1.807, 2.05) is 31.2 Å². The van der Waals surface area contributed by atoms with Crippen LogP contribution in [-0.2, 0) is 20.7 Å². The summed E-state index contributed by atoms with van der Waals surface area (Å²) in [5.41, 5.74) is 3.12. The number of nitrogens with one attached hydrogen (secondary N) is 1. The number of fused-ring (bicyclic) bond motifs is 3. The van der Waals surface area contributed by atoms with Gasteiger partial charge in [-0.25, -0.2) is 9.59 Å². The zero-order chi connectivity index (χ0) is 24.8. The smallest absolute Gasteiger partial charge is 0.338 e. The fourth-order valence-corrected chi connectivity index (χ4v) is 4.23. The average molecular weight is 476 g/mol. The van der Waals surface area contributed by atoms with E-state index in [-0.39, 0.29) is 6.61 Å². The molecular weight excluding hydrogens is 446 g/mol. The molecule has 1 amide bonds. The second-order valence-electron chi connectivity index (χ2n) is 8.25. The van der Waals surface area contributed by atoms with Crippen molar-refractivity contribution >= 4 is 40.8 Å². The molecule has 1 aliphatic rings. The third-order valence-corrected chi connectivity index (χ3v) is 5.91. The van der Waals surface area contributed by atoms with Crippen molar-refractivity contribution in [1.82, 2.24) is 4.57 Å². The molecule has 0 saturated carbocycles. The van der Waals surface area contributed by atoms with Gasteiger partial charge in [0.25, 0.3) is 0 Å². The van der Waals surface area contributed by atoms with Crippen molar-refractivity contribution in [2.45, 2.75) is 39.0 Å². The summed E-state index contributed by atoms with van der Waals surface area (Å²) in [5.74, 6) is -1.62. The number of amides is 1. The molecule has 3 aromatic rings. The number of rotatable bonds is 7. The minimum Gasteiger partial charge on any atom is -0.465 e. The van der Waals surface area contributed by atoms with Crippen LogP contribution in [0.3, 0.4) is 0 Å². The molecule has 0 bridgehead atoms. The van der Waals surface area contributed by atoms with Gasteiger partial charge in [0.1, 0.15) is 5.92 Å². The SMILES string of the molecule is CCCCOC(=O)c1ccc(NC(=O)n2c3c(c4ccccc42)CCN=CC3C(=O)OCC)cc1. The maximum Gasteiger partial charge on any atom is 0.338 e. The molecule has 182 valence electrons. The van der Waals surface area contributed by atoms with Gasteiger partial charge in [-0.2, -0.15) is 0 Å². The Bertz CT molecular complexity index is 1260. The van der Waals surface area contributed by atoms with E-state index in [0.717, 1.165) is 23.8 Å². The van der Waals surface area contributed by atoms with E-state index in [2.05, 4.69) is 10.3 Å². The Morgan fingerprint density at radius 1 is 1.06 bits per heavy atom. The van der Waals surface area contributed by atoms with Crippen LogP contribution in [0, 0.1) is 0 Å². The van der Waals surface area contributed by atoms with Crippen molar-refractivity contribution in [3.63, 3.8) is 0 Å². The Hall–Kier alpha value is -3.94. The number of hydrogen-bond acceptors (Lipinski definition) is 6. The average Bonchev–Trinajstić information content (AvgIpc) is 3.02. The van der Waals surface area contributed by atoms with Gasteiger partial charge in [-0.05, 0) is 55.7 Å². The van der Waals surface area contributed by atoms with E-state index < -0.39 is 23.9 Å². The van der Waals surface area contributed by atoms with Crippen molar-refractivity contribution in [2.24, 2.45) is 4.99 Å². The van der Waals surface area contributed by atoms with Crippen LogP contribution < -0.4 is 5.32 Å². The quantitative estimate of drug-likeness (QED) is 0.385. The number of unbranched alkanes of at least 4 members (excludes halogenated alkanes) is 1. The normalized spacial score (nSPS) is 14.7. The number of benzene rings is 2. The van der Waals surface area contributed by atoms with Crippen LogP contribution in [0.2, 0.25) is 0 Å². The lowest BCUT2D eigenvalue weighted by Gasteiger charge is -2.16. The second-order valence-corrected chi connectivity index (χ2v) is 8.25. The van der Waals surface area contributed by atoms with Gasteiger partial charge in [-0.3, -0.25) is 14.4 Å². The van der Waals surface area contributed by atoms with Crippen LogP contribution in [0.25, 0.3) is 10.9 Å². The Labute approximate surface area is 203 Å². The number of aromatic nitrogens is 1. The summed E-state index contributed by atoms with van der Waals surface area (Å²) in [7, 11) is 0. The third kappa shape index (κ3) is 5.11. The minimum absolute atomic E-state index is 0.234. The van der Waals surface area contributed by atoms with Crippen LogP contribution in [0.4, 0.5) is 10.5 Å². The van der Waals surface area contributed by atoms with Crippen LogP contribution in [-0.4, -0.2) is 48.5 Å². The number of nitrogens with zero attached hydrogens (tertiary/aromatic N) is 2. The maximum atomic E-state index is 13.6. The van der Waals surface area contributed by atoms with Crippen LogP contribution >= 0.6 is 0 Å². The zero-order valence-electron chi connectivity index (χ0n) is 20.0. The molecule has 0 spiro atoms. The van der Waals surface area contributed by atoms with E-state index in [4.69, 9.17) is 9.47 Å². The zero-order valence-corrected chi connectivity index (χ0v) is 20.0. The summed E-state index contributed by atoms with van der Waals surface area (Å²) < 4.78 is 12.1. The highest BCUT2D eigenvalue weighted by atomic mass is 16.5. The van der Waals surface area contributed by atoms with E-state index in [1.165, 1.54) is 4.57 Å². The number of aliphatic imine (C=N–C) groups is 1. The van der Waals surface area contributed by atoms with Crippen molar-refractivity contribution in [3.8, 4) is 0 Å². The highest BCUT2D eigenvalue weighted by molar-refractivity contribution is 6.05. The summed E-state index contributed by atoms with van der Waals surface area (Å²) in [6.07, 6.45) is 3.94. The Morgan fingerprint density at radius 2 is 1.83 bits per heavy atom. The maximum absolute atomic E-state index is 13.6. The van der Waals surface area contributed by atoms with Gasteiger partial charge in [0.2, 0.25) is 0 Å². The summed E-state index contributed by atoms with van der Waals surface area (Å²) in [6, 6.07) is 13.7. The molecule has 0 fully saturated rings. The first-order chi connectivity index (χ1) is 17.0. The molecule has 1 N–H and O–H groups in total. The number of esters is 2. The lowest BCUT2D eigenvalue weighted by Crippen LogP contribution is -2.27. The van der Waals surface area contributed by atoms with Crippen molar-refractivity contribution in [3.05, 3.63) is 65.4 Å². The van der Waals surface area contributed by atoms with Gasteiger partial charge in [0.15, 0.2) is 0 Å². The largest absolute Gasteiger partial charge is 0.465 e. The van der Waals surface area contributed by atoms with E-state index in [1.54, 1.807) is 37.4 Å². The number of anilines is 1. The van der Waals surface area contributed by atoms with E-state index in [0.29, 0.717) is 42.0 Å². The van der Waals surface area contributed by atoms with E-state index in [9.17, 15) is 14.4 Å². The Balaban J connectivity index is 1.66. The standard InChI is InChI=1S/C27H29N3O5/c1-3-5-16-35-25(31)18-10-12-19(13-11-18)29-27(33)30-23-9-7-6-8-20(23)21-14-15-28-17-22(24(21)30)26(32)34-4-2/h6-13,17,22H,3-5,14-16H2,1-2H3,(H,29,33). The highest BCUT2D eigenvalue weighted by Crippen LogP contribution is 2.33. The van der Waals surface area contributed by atoms with Gasteiger partial charge in [-0.1, -0.05) is 31.5 Å². The lowest BCUT2D eigenvalue weighted by molar-refractivity contribution is -0.143. The molecule has 2 aromatic carbocycles. The summed E-state index contributed by atoms with van der Waals surface area (Å²) in [5, 5.41) is 3.80.